The Morgan fingerprint density at radius 1 is 0.548 bits per heavy atom. The molecule has 9 rings (SSSR count). The van der Waals surface area contributed by atoms with Gasteiger partial charge in [0.15, 0.2) is 5.78 Å². The van der Waals surface area contributed by atoms with Gasteiger partial charge >= 0.3 is 0 Å². The first kappa shape index (κ1) is 48.2. The zero-order valence-corrected chi connectivity index (χ0v) is 39.0. The summed E-state index contributed by atoms with van der Waals surface area (Å²) in [5, 5.41) is 0. The summed E-state index contributed by atoms with van der Waals surface area (Å²) >= 11 is 0. The van der Waals surface area contributed by atoms with E-state index in [1.807, 2.05) is 41.5 Å². The minimum atomic E-state index is -2.81. The van der Waals surface area contributed by atoms with Crippen molar-refractivity contribution >= 4 is 5.78 Å². The molecule has 0 aromatic heterocycles. The standard InChI is InChI=1S/2C16H24F2O3.C16H24O4/c2*1-10(2)5-6-11-14(3,21-11)12-13(19-4)16(17,18)8-7-15(12)9-20-15;1-10(2)5-6-12-15(3,20-12)14-13(18-4)11(17)7-8-16(14)9-19-16/h2*5,11-13H,6-9H2,1-4H3;5,12-14H,6-9H2,1-4H3/t2*11-,12-,13+,14+,15+;12-,13-,14-,15+,16+/m111/s1. The number of ketones is 1. The van der Waals surface area contributed by atoms with Gasteiger partial charge in [-0.3, -0.25) is 4.79 Å². The first-order valence-electron chi connectivity index (χ1n) is 22.7. The number of hydrogen-bond donors (Lipinski definition) is 0. The van der Waals surface area contributed by atoms with Crippen LogP contribution in [0.15, 0.2) is 34.9 Å². The highest BCUT2D eigenvalue weighted by Gasteiger charge is 2.77. The van der Waals surface area contributed by atoms with Crippen LogP contribution in [0.2, 0.25) is 0 Å². The van der Waals surface area contributed by atoms with E-state index in [4.69, 9.17) is 42.6 Å². The lowest BCUT2D eigenvalue weighted by Gasteiger charge is -2.42. The van der Waals surface area contributed by atoms with Gasteiger partial charge in [0.1, 0.15) is 51.9 Å². The van der Waals surface area contributed by atoms with Gasteiger partial charge in [0.25, 0.3) is 11.8 Å². The van der Waals surface area contributed by atoms with Crippen molar-refractivity contribution in [1.82, 2.24) is 0 Å². The van der Waals surface area contributed by atoms with Gasteiger partial charge in [-0.2, -0.15) is 0 Å². The third-order valence-electron chi connectivity index (χ3n) is 15.6. The number of hydrogen-bond acceptors (Lipinski definition) is 10. The maximum atomic E-state index is 14.2. The van der Waals surface area contributed by atoms with Crippen LogP contribution in [0, 0.1) is 17.8 Å². The van der Waals surface area contributed by atoms with Gasteiger partial charge in [-0.25, -0.2) is 17.6 Å². The number of rotatable bonds is 12. The molecule has 14 heteroatoms. The van der Waals surface area contributed by atoms with Crippen LogP contribution >= 0.6 is 0 Å². The van der Waals surface area contributed by atoms with E-state index in [1.54, 1.807) is 7.11 Å². The number of Topliss-reactive ketones (excluding diaryl/α,β-unsaturated/α-hetero) is 1. The molecule has 3 saturated carbocycles. The van der Waals surface area contributed by atoms with Gasteiger partial charge in [-0.15, -0.1) is 0 Å². The Labute approximate surface area is 366 Å². The number of methoxy groups -OCH3 is 3. The summed E-state index contributed by atoms with van der Waals surface area (Å²) in [5.74, 6) is -6.23. The van der Waals surface area contributed by atoms with Crippen molar-refractivity contribution in [2.45, 2.75) is 202 Å². The van der Waals surface area contributed by atoms with E-state index in [0.29, 0.717) is 32.5 Å². The van der Waals surface area contributed by atoms with Gasteiger partial charge in [-0.05, 0) is 101 Å². The summed E-state index contributed by atoms with van der Waals surface area (Å²) in [7, 11) is 4.35. The Bertz CT molecular complexity index is 1670. The lowest BCUT2D eigenvalue weighted by Crippen LogP contribution is -2.57. The van der Waals surface area contributed by atoms with Crippen molar-refractivity contribution in [3.63, 3.8) is 0 Å². The van der Waals surface area contributed by atoms with E-state index in [1.165, 1.54) is 30.9 Å². The topological polar surface area (TPSA) is 120 Å². The second-order valence-electron chi connectivity index (χ2n) is 20.9. The summed E-state index contributed by atoms with van der Waals surface area (Å²) in [4.78, 5) is 12.2. The van der Waals surface area contributed by atoms with Crippen molar-refractivity contribution in [1.29, 1.82) is 0 Å². The van der Waals surface area contributed by atoms with Gasteiger partial charge in [-0.1, -0.05) is 34.9 Å². The van der Waals surface area contributed by atoms with Crippen molar-refractivity contribution in [2.24, 2.45) is 17.8 Å². The largest absolute Gasteiger partial charge is 0.375 e. The Kier molecular flexibility index (Phi) is 13.1. The van der Waals surface area contributed by atoms with Crippen molar-refractivity contribution in [3.05, 3.63) is 34.9 Å². The molecule has 0 N–H and O–H groups in total. The predicted octanol–water partition coefficient (Wildman–Crippen LogP) is 8.92. The average molecular weight is 885 g/mol. The fraction of sp³-hybridized carbons (Fsp3) is 0.854. The number of alkyl halides is 4. The average Bonchev–Trinajstić information content (AvgIpc) is 3.94. The monoisotopic (exact) mass is 885 g/mol. The summed E-state index contributed by atoms with van der Waals surface area (Å²) < 4.78 is 108. The molecule has 0 radical (unpaired) electrons. The second kappa shape index (κ2) is 16.8. The van der Waals surface area contributed by atoms with Crippen molar-refractivity contribution < 1.29 is 65.0 Å². The van der Waals surface area contributed by atoms with Crippen molar-refractivity contribution in [3.8, 4) is 0 Å². The molecule has 3 aliphatic carbocycles. The molecule has 9 fully saturated rings. The van der Waals surface area contributed by atoms with Crippen LogP contribution in [0.3, 0.4) is 0 Å². The first-order valence-corrected chi connectivity index (χ1v) is 22.7. The quantitative estimate of drug-likeness (QED) is 0.107. The van der Waals surface area contributed by atoms with Crippen LogP contribution in [0.25, 0.3) is 0 Å². The molecule has 0 unspecified atom stereocenters. The van der Waals surface area contributed by atoms with Crippen LogP contribution in [0.4, 0.5) is 17.6 Å². The third-order valence-corrected chi connectivity index (χ3v) is 15.6. The van der Waals surface area contributed by atoms with Crippen molar-refractivity contribution in [2.75, 3.05) is 41.2 Å². The highest BCUT2D eigenvalue weighted by Crippen LogP contribution is 2.64. The molecule has 0 aromatic carbocycles. The molecule has 3 spiro atoms. The Hall–Kier alpha value is -1.75. The highest BCUT2D eigenvalue weighted by atomic mass is 19.3. The van der Waals surface area contributed by atoms with Crippen LogP contribution in [0.5, 0.6) is 0 Å². The molecule has 62 heavy (non-hydrogen) atoms. The molecule has 6 saturated heterocycles. The second-order valence-corrected chi connectivity index (χ2v) is 20.9. The molecule has 15 atom stereocenters. The molecule has 0 aromatic rings. The predicted molar refractivity (Wildman–Crippen MR) is 223 cm³/mol. The SMILES string of the molecule is CO[C@@H]1C(=O)CC[C@]2(CO2)[C@H]1[C@@]1(C)O[C@@H]1CC=C(C)C.CO[C@H]1[C@H]([C@@]2(C)O[C@@H]2CC=C(C)C)[C@]2(CCC1(F)F)CO2.CO[C@H]1[C@H]([C@@]2(C)O[C@@H]2CC=C(C)C)[C@]2(CCC1(F)F)CO2. The summed E-state index contributed by atoms with van der Waals surface area (Å²) in [6.07, 6.45) is 8.10. The Morgan fingerprint density at radius 2 is 0.871 bits per heavy atom. The molecule has 9 aliphatic rings. The lowest BCUT2D eigenvalue weighted by molar-refractivity contribution is -0.197. The maximum absolute atomic E-state index is 14.2. The summed E-state index contributed by atoms with van der Waals surface area (Å²) in [6, 6.07) is 0. The van der Waals surface area contributed by atoms with E-state index in [0.717, 1.165) is 32.3 Å². The van der Waals surface area contributed by atoms with E-state index in [2.05, 4.69) is 39.0 Å². The molecule has 0 bridgehead atoms. The Balaban J connectivity index is 0.000000140. The number of carbonyl (C=O) groups is 1. The zero-order chi connectivity index (χ0) is 45.5. The number of halogens is 4. The lowest BCUT2D eigenvalue weighted by atomic mass is 9.68. The zero-order valence-electron chi connectivity index (χ0n) is 39.0. The van der Waals surface area contributed by atoms with E-state index in [-0.39, 0.29) is 60.2 Å². The molecular formula is C48H72F4O10. The minimum absolute atomic E-state index is 0.0231. The summed E-state index contributed by atoms with van der Waals surface area (Å²) in [5.41, 5.74) is 1.17. The molecule has 6 heterocycles. The normalized spacial score (nSPS) is 47.0. The maximum Gasteiger partial charge on any atom is 0.274 e. The number of carbonyl (C=O) groups excluding carboxylic acids is 1. The minimum Gasteiger partial charge on any atom is -0.375 e. The first-order chi connectivity index (χ1) is 28.9. The van der Waals surface area contributed by atoms with Crippen LogP contribution in [0.1, 0.15) is 120 Å². The molecular weight excluding hydrogens is 813 g/mol. The molecule has 0 amide bonds. The third kappa shape index (κ3) is 9.05. The smallest absolute Gasteiger partial charge is 0.274 e. The number of epoxide rings is 6. The molecule has 6 aliphatic heterocycles. The van der Waals surface area contributed by atoms with Gasteiger partial charge < -0.3 is 42.6 Å². The fourth-order valence-corrected chi connectivity index (χ4v) is 11.6. The van der Waals surface area contributed by atoms with Crippen LogP contribution in [-0.4, -0.2) is 129 Å². The van der Waals surface area contributed by atoms with E-state index < -0.39 is 58.3 Å². The van der Waals surface area contributed by atoms with E-state index in [9.17, 15) is 22.4 Å². The van der Waals surface area contributed by atoms with E-state index >= 15 is 0 Å². The van der Waals surface area contributed by atoms with Gasteiger partial charge in [0.2, 0.25) is 0 Å². The highest BCUT2D eigenvalue weighted by molar-refractivity contribution is 5.85. The number of allylic oxidation sites excluding steroid dienone is 3. The van der Waals surface area contributed by atoms with Crippen LogP contribution in [-0.2, 0) is 47.4 Å². The van der Waals surface area contributed by atoms with Gasteiger partial charge in [0.05, 0.1) is 55.9 Å². The van der Waals surface area contributed by atoms with Gasteiger partial charge in [0, 0.05) is 40.6 Å². The number of ether oxygens (including phenoxy) is 9. The molecule has 10 nitrogen and oxygen atoms in total. The molecule has 352 valence electrons. The van der Waals surface area contributed by atoms with Crippen LogP contribution < -0.4 is 0 Å². The summed E-state index contributed by atoms with van der Waals surface area (Å²) in [6.45, 7) is 20.1. The fourth-order valence-electron chi connectivity index (χ4n) is 11.6. The Morgan fingerprint density at radius 3 is 1.16 bits per heavy atom.